The lowest BCUT2D eigenvalue weighted by Crippen LogP contribution is -2.11. The van der Waals surface area contributed by atoms with Crippen LogP contribution < -0.4 is 8.92 Å². The van der Waals surface area contributed by atoms with Crippen molar-refractivity contribution in [3.8, 4) is 11.5 Å². The highest BCUT2D eigenvalue weighted by atomic mass is 127. The second kappa shape index (κ2) is 7.98. The Labute approximate surface area is 149 Å². The van der Waals surface area contributed by atoms with Crippen molar-refractivity contribution in [1.82, 2.24) is 0 Å². The molecule has 5 nitrogen and oxygen atoms in total. The number of rotatable bonds is 7. The van der Waals surface area contributed by atoms with Crippen LogP contribution in [0.1, 0.15) is 5.56 Å². The van der Waals surface area contributed by atoms with E-state index in [1.165, 1.54) is 12.1 Å². The van der Waals surface area contributed by atoms with Gasteiger partial charge in [0.05, 0.1) is 6.61 Å². The topological polar surface area (TPSA) is 61.8 Å². The molecule has 0 aliphatic carbocycles. The van der Waals surface area contributed by atoms with Crippen LogP contribution in [0.5, 0.6) is 11.5 Å². The fourth-order valence-electron chi connectivity index (χ4n) is 1.87. The molecule has 0 radical (unpaired) electrons. The molecule has 0 aliphatic rings. The molecule has 2 aromatic carbocycles. The lowest BCUT2D eigenvalue weighted by molar-refractivity contribution is 0.146. The van der Waals surface area contributed by atoms with Crippen LogP contribution in [0, 0.1) is 10.5 Å². The van der Waals surface area contributed by atoms with Crippen molar-refractivity contribution in [2.75, 3.05) is 20.3 Å². The zero-order valence-corrected chi connectivity index (χ0v) is 15.8. The van der Waals surface area contributed by atoms with E-state index in [0.29, 0.717) is 24.5 Å². The van der Waals surface area contributed by atoms with Gasteiger partial charge in [0.2, 0.25) is 0 Å². The van der Waals surface area contributed by atoms with Gasteiger partial charge in [-0.15, -0.1) is 0 Å². The summed E-state index contributed by atoms with van der Waals surface area (Å²) in [5, 5.41) is 0. The number of ether oxygens (including phenoxy) is 2. The van der Waals surface area contributed by atoms with E-state index < -0.39 is 10.1 Å². The first-order valence-electron chi connectivity index (χ1n) is 6.85. The summed E-state index contributed by atoms with van der Waals surface area (Å²) in [6, 6.07) is 11.5. The second-order valence-corrected chi connectivity index (χ2v) is 7.56. The maximum absolute atomic E-state index is 12.4. The Balaban J connectivity index is 2.18. The average molecular weight is 448 g/mol. The zero-order chi connectivity index (χ0) is 16.9. The summed E-state index contributed by atoms with van der Waals surface area (Å²) in [6.07, 6.45) is 0. The molecule has 23 heavy (non-hydrogen) atoms. The van der Waals surface area contributed by atoms with Gasteiger partial charge in [-0.2, -0.15) is 8.42 Å². The van der Waals surface area contributed by atoms with Gasteiger partial charge in [0, 0.05) is 10.7 Å². The predicted octanol–water partition coefficient (Wildman–Crippen LogP) is 3.39. The van der Waals surface area contributed by atoms with Crippen LogP contribution in [0.2, 0.25) is 0 Å². The Bertz CT molecular complexity index is 774. The molecule has 0 aliphatic heterocycles. The number of aryl methyl sites for hydroxylation is 1. The molecule has 0 aromatic heterocycles. The van der Waals surface area contributed by atoms with Crippen LogP contribution in [-0.2, 0) is 14.9 Å². The summed E-state index contributed by atoms with van der Waals surface area (Å²) in [6.45, 7) is 2.66. The molecule has 0 fully saturated rings. The van der Waals surface area contributed by atoms with E-state index in [4.69, 9.17) is 13.7 Å². The van der Waals surface area contributed by atoms with Crippen LogP contribution in [-0.4, -0.2) is 28.7 Å². The molecular weight excluding hydrogens is 431 g/mol. The summed E-state index contributed by atoms with van der Waals surface area (Å²) < 4.78 is 41.2. The third-order valence-electron chi connectivity index (χ3n) is 2.98. The Morgan fingerprint density at radius 1 is 1.09 bits per heavy atom. The molecule has 0 amide bonds. The van der Waals surface area contributed by atoms with Gasteiger partial charge >= 0.3 is 10.1 Å². The SMILES string of the molecule is COCCOc1ccc(S(=O)(=O)Oc2cccc(I)c2)cc1C. The Hall–Kier alpha value is -1.32. The highest BCUT2D eigenvalue weighted by Crippen LogP contribution is 2.25. The first-order chi connectivity index (χ1) is 10.9. The molecule has 0 saturated heterocycles. The first-order valence-corrected chi connectivity index (χ1v) is 9.33. The fraction of sp³-hybridized carbons (Fsp3) is 0.250. The minimum absolute atomic E-state index is 0.0907. The lowest BCUT2D eigenvalue weighted by Gasteiger charge is -2.11. The Kier molecular flexibility index (Phi) is 6.25. The summed E-state index contributed by atoms with van der Waals surface area (Å²) in [7, 11) is -2.29. The normalized spacial score (nSPS) is 11.3. The number of halogens is 1. The molecule has 0 atom stereocenters. The molecule has 0 saturated carbocycles. The second-order valence-electron chi connectivity index (χ2n) is 4.76. The number of hydrogen-bond acceptors (Lipinski definition) is 5. The lowest BCUT2D eigenvalue weighted by atomic mass is 10.2. The van der Waals surface area contributed by atoms with Gasteiger partial charge in [0.25, 0.3) is 0 Å². The number of hydrogen-bond donors (Lipinski definition) is 0. The van der Waals surface area contributed by atoms with Gasteiger partial charge in [-0.1, -0.05) is 6.07 Å². The fourth-order valence-corrected chi connectivity index (χ4v) is 3.39. The number of methoxy groups -OCH3 is 1. The van der Waals surface area contributed by atoms with E-state index in [-0.39, 0.29) is 10.6 Å². The first kappa shape index (κ1) is 18.0. The molecule has 0 bridgehead atoms. The van der Waals surface area contributed by atoms with Crippen LogP contribution in [0.3, 0.4) is 0 Å². The molecule has 0 N–H and O–H groups in total. The van der Waals surface area contributed by atoms with Gasteiger partial charge < -0.3 is 13.7 Å². The van der Waals surface area contributed by atoms with E-state index in [9.17, 15) is 8.42 Å². The van der Waals surface area contributed by atoms with Gasteiger partial charge in [-0.3, -0.25) is 0 Å². The molecule has 0 spiro atoms. The third kappa shape index (κ3) is 5.08. The smallest absolute Gasteiger partial charge is 0.339 e. The Morgan fingerprint density at radius 2 is 1.87 bits per heavy atom. The largest absolute Gasteiger partial charge is 0.491 e. The van der Waals surface area contributed by atoms with Crippen molar-refractivity contribution in [1.29, 1.82) is 0 Å². The Morgan fingerprint density at radius 3 is 2.52 bits per heavy atom. The van der Waals surface area contributed by atoms with Crippen molar-refractivity contribution < 1.29 is 22.1 Å². The molecule has 0 unspecified atom stereocenters. The maximum Gasteiger partial charge on any atom is 0.339 e. The van der Waals surface area contributed by atoms with Crippen molar-refractivity contribution in [2.45, 2.75) is 11.8 Å². The standard InChI is InChI=1S/C16H17IO5S/c1-12-10-15(6-7-16(12)21-9-8-20-2)23(18,19)22-14-5-3-4-13(17)11-14/h3-7,10-11H,8-9H2,1-2H3. The quantitative estimate of drug-likeness (QED) is 0.369. The van der Waals surface area contributed by atoms with Crippen LogP contribution in [0.4, 0.5) is 0 Å². The predicted molar refractivity (Wildman–Crippen MR) is 95.5 cm³/mol. The van der Waals surface area contributed by atoms with E-state index in [1.807, 2.05) is 6.07 Å². The molecular formula is C16H17IO5S. The van der Waals surface area contributed by atoms with Gasteiger partial charge in [-0.05, 0) is 71.5 Å². The van der Waals surface area contributed by atoms with Crippen molar-refractivity contribution in [3.63, 3.8) is 0 Å². The summed E-state index contributed by atoms with van der Waals surface area (Å²) in [5.41, 5.74) is 0.716. The minimum atomic E-state index is -3.88. The van der Waals surface area contributed by atoms with E-state index in [2.05, 4.69) is 22.6 Å². The van der Waals surface area contributed by atoms with E-state index in [1.54, 1.807) is 38.3 Å². The molecule has 124 valence electrons. The van der Waals surface area contributed by atoms with Crippen molar-refractivity contribution in [2.24, 2.45) is 0 Å². The summed E-state index contributed by atoms with van der Waals surface area (Å²) in [5.74, 6) is 0.908. The van der Waals surface area contributed by atoms with Crippen LogP contribution in [0.15, 0.2) is 47.4 Å². The highest BCUT2D eigenvalue weighted by molar-refractivity contribution is 14.1. The highest BCUT2D eigenvalue weighted by Gasteiger charge is 2.18. The van der Waals surface area contributed by atoms with E-state index in [0.717, 1.165) is 3.57 Å². The van der Waals surface area contributed by atoms with Gasteiger partial charge in [0.15, 0.2) is 0 Å². The molecule has 2 rings (SSSR count). The van der Waals surface area contributed by atoms with Gasteiger partial charge in [0.1, 0.15) is 23.0 Å². The maximum atomic E-state index is 12.4. The molecule has 7 heteroatoms. The third-order valence-corrected chi connectivity index (χ3v) is 4.90. The van der Waals surface area contributed by atoms with Gasteiger partial charge in [-0.25, -0.2) is 0 Å². The van der Waals surface area contributed by atoms with Crippen molar-refractivity contribution in [3.05, 3.63) is 51.6 Å². The van der Waals surface area contributed by atoms with Crippen LogP contribution in [0.25, 0.3) is 0 Å². The van der Waals surface area contributed by atoms with Crippen LogP contribution >= 0.6 is 22.6 Å². The minimum Gasteiger partial charge on any atom is -0.491 e. The monoisotopic (exact) mass is 448 g/mol. The molecule has 0 heterocycles. The zero-order valence-electron chi connectivity index (χ0n) is 12.8. The summed E-state index contributed by atoms with van der Waals surface area (Å²) >= 11 is 2.10. The average Bonchev–Trinajstić information content (AvgIpc) is 2.48. The van der Waals surface area contributed by atoms with Crippen molar-refractivity contribution >= 4 is 32.7 Å². The summed E-state index contributed by atoms with van der Waals surface area (Å²) in [4.78, 5) is 0.0907. The van der Waals surface area contributed by atoms with E-state index >= 15 is 0 Å². The molecule has 2 aromatic rings. The number of benzene rings is 2.